The summed E-state index contributed by atoms with van der Waals surface area (Å²) in [7, 11) is -3.11. The Morgan fingerprint density at radius 1 is 1.33 bits per heavy atom. The van der Waals surface area contributed by atoms with Gasteiger partial charge in [0.15, 0.2) is 5.82 Å². The molecule has 1 aromatic heterocycles. The van der Waals surface area contributed by atoms with Gasteiger partial charge in [-0.25, -0.2) is 13.4 Å². The van der Waals surface area contributed by atoms with E-state index in [0.717, 1.165) is 0 Å². The highest BCUT2D eigenvalue weighted by atomic mass is 35.5. The fourth-order valence-electron chi connectivity index (χ4n) is 1.94. The van der Waals surface area contributed by atoms with Crippen LogP contribution in [0.5, 0.6) is 0 Å². The van der Waals surface area contributed by atoms with E-state index in [1.807, 2.05) is 4.90 Å². The number of rotatable bonds is 2. The highest BCUT2D eigenvalue weighted by Gasteiger charge is 2.24. The lowest BCUT2D eigenvalue weighted by Crippen LogP contribution is -2.48. The van der Waals surface area contributed by atoms with Crippen LogP contribution in [0.15, 0.2) is 12.3 Å². The summed E-state index contributed by atoms with van der Waals surface area (Å²) in [6, 6.07) is 1.65. The summed E-state index contributed by atoms with van der Waals surface area (Å²) in [6.45, 7) is 2.04. The van der Waals surface area contributed by atoms with E-state index < -0.39 is 10.0 Å². The summed E-state index contributed by atoms with van der Waals surface area (Å²) < 4.78 is 24.2. The molecule has 1 aliphatic rings. The van der Waals surface area contributed by atoms with Crippen LogP contribution >= 0.6 is 11.6 Å². The summed E-state index contributed by atoms with van der Waals surface area (Å²) >= 11 is 5.79. The molecule has 0 unspecified atom stereocenters. The first-order chi connectivity index (χ1) is 8.38. The number of hydrogen-bond acceptors (Lipinski definition) is 5. The number of halogens is 1. The fourth-order valence-corrected chi connectivity index (χ4v) is 2.94. The van der Waals surface area contributed by atoms with Gasteiger partial charge in [0, 0.05) is 32.4 Å². The molecule has 2 rings (SSSR count). The Morgan fingerprint density at radius 3 is 2.44 bits per heavy atom. The second-order valence-electron chi connectivity index (χ2n) is 4.22. The number of pyridine rings is 1. The predicted molar refractivity (Wildman–Crippen MR) is 72.3 cm³/mol. The van der Waals surface area contributed by atoms with E-state index in [1.54, 1.807) is 6.07 Å². The van der Waals surface area contributed by atoms with Crippen LogP contribution in [0.3, 0.4) is 0 Å². The zero-order valence-electron chi connectivity index (χ0n) is 10.0. The average Bonchev–Trinajstić information content (AvgIpc) is 2.28. The van der Waals surface area contributed by atoms with Crippen LogP contribution in [0.2, 0.25) is 5.02 Å². The largest absolute Gasteiger partial charge is 0.396 e. The maximum absolute atomic E-state index is 11.4. The van der Waals surface area contributed by atoms with Crippen molar-refractivity contribution < 1.29 is 8.42 Å². The van der Waals surface area contributed by atoms with Gasteiger partial charge in [0.2, 0.25) is 10.0 Å². The molecule has 8 heteroatoms. The van der Waals surface area contributed by atoms with E-state index in [0.29, 0.717) is 42.7 Å². The van der Waals surface area contributed by atoms with E-state index in [-0.39, 0.29) is 0 Å². The smallest absolute Gasteiger partial charge is 0.211 e. The lowest BCUT2D eigenvalue weighted by Gasteiger charge is -2.34. The Bertz CT molecular complexity index is 541. The van der Waals surface area contributed by atoms with E-state index in [4.69, 9.17) is 17.3 Å². The zero-order chi connectivity index (χ0) is 13.3. The van der Waals surface area contributed by atoms with Crippen LogP contribution in [-0.2, 0) is 10.0 Å². The number of nitrogens with two attached hydrogens (primary N) is 1. The molecule has 1 aromatic rings. The molecule has 100 valence electrons. The third-order valence-electron chi connectivity index (χ3n) is 2.87. The van der Waals surface area contributed by atoms with E-state index in [9.17, 15) is 8.42 Å². The zero-order valence-corrected chi connectivity index (χ0v) is 11.6. The first-order valence-corrected chi connectivity index (χ1v) is 7.71. The Balaban J connectivity index is 2.10. The highest BCUT2D eigenvalue weighted by molar-refractivity contribution is 7.88. The molecule has 0 aromatic carbocycles. The Kier molecular flexibility index (Phi) is 3.65. The van der Waals surface area contributed by atoms with Crippen molar-refractivity contribution in [3.05, 3.63) is 17.3 Å². The molecule has 1 saturated heterocycles. The standard InChI is InChI=1S/C10H15ClN4O2S/c1-18(16,17)15-4-2-14(3-5-15)10-9(12)6-8(11)7-13-10/h6-7H,2-5,12H2,1H3. The van der Waals surface area contributed by atoms with Crippen molar-refractivity contribution in [3.63, 3.8) is 0 Å². The van der Waals surface area contributed by atoms with Crippen LogP contribution in [0.25, 0.3) is 0 Å². The number of hydrogen-bond donors (Lipinski definition) is 1. The van der Waals surface area contributed by atoms with Crippen molar-refractivity contribution in [2.24, 2.45) is 0 Å². The molecule has 1 fully saturated rings. The minimum absolute atomic E-state index is 0.447. The number of nitrogens with zero attached hydrogens (tertiary/aromatic N) is 3. The molecule has 2 heterocycles. The normalized spacial score (nSPS) is 18.0. The predicted octanol–water partition coefficient (Wildman–Crippen LogP) is 0.399. The molecule has 0 bridgehead atoms. The van der Waals surface area contributed by atoms with Crippen LogP contribution < -0.4 is 10.6 Å². The molecule has 0 radical (unpaired) electrons. The van der Waals surface area contributed by atoms with Crippen LogP contribution in [0.4, 0.5) is 11.5 Å². The van der Waals surface area contributed by atoms with Crippen molar-refractivity contribution in [1.82, 2.24) is 9.29 Å². The van der Waals surface area contributed by atoms with Crippen molar-refractivity contribution >= 4 is 33.1 Å². The minimum Gasteiger partial charge on any atom is -0.396 e. The summed E-state index contributed by atoms with van der Waals surface area (Å²) in [5, 5.41) is 0.492. The molecule has 0 spiro atoms. The fraction of sp³-hybridized carbons (Fsp3) is 0.500. The van der Waals surface area contributed by atoms with Gasteiger partial charge >= 0.3 is 0 Å². The second-order valence-corrected chi connectivity index (χ2v) is 6.63. The SMILES string of the molecule is CS(=O)(=O)N1CCN(c2ncc(Cl)cc2N)CC1. The molecule has 0 saturated carbocycles. The Morgan fingerprint density at radius 2 is 1.94 bits per heavy atom. The summed E-state index contributed by atoms with van der Waals surface area (Å²) in [5.74, 6) is 0.660. The van der Waals surface area contributed by atoms with E-state index in [2.05, 4.69) is 4.98 Å². The minimum atomic E-state index is -3.11. The van der Waals surface area contributed by atoms with Gasteiger partial charge in [-0.3, -0.25) is 0 Å². The lowest BCUT2D eigenvalue weighted by atomic mass is 10.3. The molecule has 6 nitrogen and oxygen atoms in total. The number of anilines is 2. The second kappa shape index (κ2) is 4.91. The van der Waals surface area contributed by atoms with Crippen LogP contribution in [-0.4, -0.2) is 50.1 Å². The maximum Gasteiger partial charge on any atom is 0.211 e. The van der Waals surface area contributed by atoms with Gasteiger partial charge in [-0.1, -0.05) is 11.6 Å². The summed E-state index contributed by atoms with van der Waals surface area (Å²) in [4.78, 5) is 6.16. The number of sulfonamides is 1. The van der Waals surface area contributed by atoms with Crippen molar-refractivity contribution in [2.45, 2.75) is 0 Å². The van der Waals surface area contributed by atoms with Gasteiger partial charge < -0.3 is 10.6 Å². The van der Waals surface area contributed by atoms with Gasteiger partial charge in [-0.15, -0.1) is 0 Å². The average molecular weight is 291 g/mol. The molecular formula is C10H15ClN4O2S. The van der Waals surface area contributed by atoms with Gasteiger partial charge in [0.1, 0.15) is 0 Å². The Labute approximate surface area is 111 Å². The third-order valence-corrected chi connectivity index (χ3v) is 4.38. The first kappa shape index (κ1) is 13.4. The molecule has 1 aliphatic heterocycles. The summed E-state index contributed by atoms with van der Waals surface area (Å²) in [5.41, 5.74) is 6.36. The molecule has 0 amide bonds. The lowest BCUT2D eigenvalue weighted by molar-refractivity contribution is 0.387. The molecule has 2 N–H and O–H groups in total. The van der Waals surface area contributed by atoms with E-state index >= 15 is 0 Å². The van der Waals surface area contributed by atoms with Gasteiger partial charge in [-0.2, -0.15) is 4.31 Å². The monoisotopic (exact) mass is 290 g/mol. The number of nitrogen functional groups attached to an aromatic ring is 1. The third kappa shape index (κ3) is 2.85. The maximum atomic E-state index is 11.4. The van der Waals surface area contributed by atoms with Crippen molar-refractivity contribution in [3.8, 4) is 0 Å². The van der Waals surface area contributed by atoms with Crippen molar-refractivity contribution in [1.29, 1.82) is 0 Å². The molecular weight excluding hydrogens is 276 g/mol. The highest BCUT2D eigenvalue weighted by Crippen LogP contribution is 2.24. The first-order valence-electron chi connectivity index (χ1n) is 5.49. The molecule has 0 aliphatic carbocycles. The number of piperazine rings is 1. The summed E-state index contributed by atoms with van der Waals surface area (Å²) in [6.07, 6.45) is 2.76. The number of aromatic nitrogens is 1. The van der Waals surface area contributed by atoms with Gasteiger partial charge in [0.25, 0.3) is 0 Å². The molecule has 18 heavy (non-hydrogen) atoms. The van der Waals surface area contributed by atoms with Gasteiger partial charge in [0.05, 0.1) is 17.0 Å². The quantitative estimate of drug-likeness (QED) is 0.853. The van der Waals surface area contributed by atoms with Crippen LogP contribution in [0, 0.1) is 0 Å². The Hall–Kier alpha value is -1.05. The molecule has 0 atom stereocenters. The van der Waals surface area contributed by atoms with Crippen LogP contribution in [0.1, 0.15) is 0 Å². The van der Waals surface area contributed by atoms with Gasteiger partial charge in [-0.05, 0) is 6.07 Å². The van der Waals surface area contributed by atoms with E-state index in [1.165, 1.54) is 16.8 Å². The topological polar surface area (TPSA) is 79.5 Å². The van der Waals surface area contributed by atoms with Crippen molar-refractivity contribution in [2.75, 3.05) is 43.1 Å².